The predicted octanol–water partition coefficient (Wildman–Crippen LogP) is 2.63. The molecule has 1 aromatic carbocycles. The van der Waals surface area contributed by atoms with E-state index in [1.807, 2.05) is 12.1 Å². The Balaban J connectivity index is 2.09. The van der Waals surface area contributed by atoms with Gasteiger partial charge >= 0.3 is 0 Å². The first kappa shape index (κ1) is 13.6. The van der Waals surface area contributed by atoms with Gasteiger partial charge in [-0.05, 0) is 43.5 Å². The van der Waals surface area contributed by atoms with Gasteiger partial charge in [-0.15, -0.1) is 0 Å². The van der Waals surface area contributed by atoms with Crippen LogP contribution in [0.25, 0.3) is 0 Å². The van der Waals surface area contributed by atoms with E-state index in [0.29, 0.717) is 12.5 Å². The molecular formula is C14H19BrN2O. The van der Waals surface area contributed by atoms with Crippen LogP contribution in [0.5, 0.6) is 0 Å². The molecule has 0 aliphatic heterocycles. The highest BCUT2D eigenvalue weighted by molar-refractivity contribution is 9.10. The lowest BCUT2D eigenvalue weighted by Crippen LogP contribution is -2.40. The molecule has 2 rings (SSSR count). The smallest absolute Gasteiger partial charge is 0.234 e. The minimum absolute atomic E-state index is 0.0670. The molecule has 4 heteroatoms. The van der Waals surface area contributed by atoms with Crippen LogP contribution in [-0.4, -0.2) is 19.5 Å². The van der Waals surface area contributed by atoms with Crippen LogP contribution in [0.2, 0.25) is 0 Å². The van der Waals surface area contributed by atoms with Crippen LogP contribution in [0.3, 0.4) is 0 Å². The molecule has 2 N–H and O–H groups in total. The molecule has 1 amide bonds. The molecule has 3 nitrogen and oxygen atoms in total. The summed E-state index contributed by atoms with van der Waals surface area (Å²) in [5, 5.41) is 6.03. The Hall–Kier alpha value is -0.870. The van der Waals surface area contributed by atoms with Gasteiger partial charge in [-0.25, -0.2) is 0 Å². The topological polar surface area (TPSA) is 41.1 Å². The molecule has 0 aromatic heterocycles. The van der Waals surface area contributed by atoms with Crippen LogP contribution >= 0.6 is 15.9 Å². The Morgan fingerprint density at radius 1 is 1.39 bits per heavy atom. The average molecular weight is 311 g/mol. The minimum Gasteiger partial charge on any atom is -0.348 e. The Labute approximate surface area is 116 Å². The second-order valence-electron chi connectivity index (χ2n) is 4.82. The molecule has 98 valence electrons. The Morgan fingerprint density at radius 3 is 2.56 bits per heavy atom. The predicted molar refractivity (Wildman–Crippen MR) is 76.3 cm³/mol. The first-order chi connectivity index (χ1) is 8.70. The summed E-state index contributed by atoms with van der Waals surface area (Å²) in [6.07, 6.45) is 3.70. The number of benzene rings is 1. The number of amides is 1. The van der Waals surface area contributed by atoms with E-state index in [9.17, 15) is 4.79 Å². The van der Waals surface area contributed by atoms with E-state index >= 15 is 0 Å². The van der Waals surface area contributed by atoms with Crippen LogP contribution in [-0.2, 0) is 4.79 Å². The summed E-state index contributed by atoms with van der Waals surface area (Å²) < 4.78 is 1.07. The highest BCUT2D eigenvalue weighted by Gasteiger charge is 2.29. The highest BCUT2D eigenvalue weighted by Crippen LogP contribution is 2.37. The third-order valence-electron chi connectivity index (χ3n) is 3.50. The molecule has 1 saturated carbocycles. The second-order valence-corrected chi connectivity index (χ2v) is 5.73. The monoisotopic (exact) mass is 310 g/mol. The van der Waals surface area contributed by atoms with Crippen molar-refractivity contribution in [3.05, 3.63) is 34.3 Å². The SMILES string of the molecule is CNCC(=O)NC(c1ccc(Br)cc1)C1CCC1. The van der Waals surface area contributed by atoms with E-state index < -0.39 is 0 Å². The minimum atomic E-state index is 0.0670. The maximum absolute atomic E-state index is 11.8. The maximum Gasteiger partial charge on any atom is 0.234 e. The molecule has 0 heterocycles. The zero-order valence-corrected chi connectivity index (χ0v) is 12.2. The van der Waals surface area contributed by atoms with Crippen molar-refractivity contribution in [2.24, 2.45) is 5.92 Å². The molecular weight excluding hydrogens is 292 g/mol. The van der Waals surface area contributed by atoms with Crippen LogP contribution in [0, 0.1) is 5.92 Å². The molecule has 0 spiro atoms. The molecule has 18 heavy (non-hydrogen) atoms. The number of halogens is 1. The van der Waals surface area contributed by atoms with E-state index in [4.69, 9.17) is 0 Å². The van der Waals surface area contributed by atoms with Crippen molar-refractivity contribution >= 4 is 21.8 Å². The molecule has 1 fully saturated rings. The lowest BCUT2D eigenvalue weighted by atomic mass is 9.77. The zero-order chi connectivity index (χ0) is 13.0. The van der Waals surface area contributed by atoms with Gasteiger partial charge in [0.1, 0.15) is 0 Å². The Kier molecular flexibility index (Phi) is 4.78. The van der Waals surface area contributed by atoms with E-state index in [0.717, 1.165) is 4.47 Å². The van der Waals surface area contributed by atoms with Crippen LogP contribution in [0.4, 0.5) is 0 Å². The molecule has 1 atom stereocenters. The summed E-state index contributed by atoms with van der Waals surface area (Å²) in [6, 6.07) is 8.41. The van der Waals surface area contributed by atoms with E-state index in [1.165, 1.54) is 24.8 Å². The van der Waals surface area contributed by atoms with E-state index in [2.05, 4.69) is 38.7 Å². The normalized spacial score (nSPS) is 17.0. The largest absolute Gasteiger partial charge is 0.348 e. The molecule has 0 saturated heterocycles. The Bertz CT molecular complexity index is 401. The van der Waals surface area contributed by atoms with E-state index in [-0.39, 0.29) is 11.9 Å². The van der Waals surface area contributed by atoms with Gasteiger partial charge < -0.3 is 10.6 Å². The number of carbonyl (C=O) groups excluding carboxylic acids is 1. The molecule has 0 radical (unpaired) electrons. The maximum atomic E-state index is 11.8. The number of nitrogens with one attached hydrogen (secondary N) is 2. The van der Waals surface area contributed by atoms with Gasteiger partial charge in [0.2, 0.25) is 5.91 Å². The number of likely N-dealkylation sites (N-methyl/N-ethyl adjacent to an activating group) is 1. The van der Waals surface area contributed by atoms with Crippen LogP contribution < -0.4 is 10.6 Å². The molecule has 1 aliphatic rings. The van der Waals surface area contributed by atoms with Crippen molar-refractivity contribution in [3.63, 3.8) is 0 Å². The second kappa shape index (κ2) is 6.34. The number of rotatable bonds is 5. The van der Waals surface area contributed by atoms with Crippen molar-refractivity contribution < 1.29 is 4.79 Å². The first-order valence-corrected chi connectivity index (χ1v) is 7.19. The summed E-state index contributed by atoms with van der Waals surface area (Å²) >= 11 is 3.44. The number of hydrogen-bond donors (Lipinski definition) is 2. The summed E-state index contributed by atoms with van der Waals surface area (Å²) in [4.78, 5) is 11.8. The van der Waals surface area contributed by atoms with Gasteiger partial charge in [0, 0.05) is 4.47 Å². The van der Waals surface area contributed by atoms with Gasteiger partial charge in [-0.1, -0.05) is 34.5 Å². The Morgan fingerprint density at radius 2 is 2.06 bits per heavy atom. The lowest BCUT2D eigenvalue weighted by molar-refractivity contribution is -0.121. The van der Waals surface area contributed by atoms with Crippen molar-refractivity contribution in [1.29, 1.82) is 0 Å². The highest BCUT2D eigenvalue weighted by atomic mass is 79.9. The van der Waals surface area contributed by atoms with Crippen LogP contribution in [0.15, 0.2) is 28.7 Å². The van der Waals surface area contributed by atoms with Crippen molar-refractivity contribution in [2.45, 2.75) is 25.3 Å². The van der Waals surface area contributed by atoms with Crippen molar-refractivity contribution in [2.75, 3.05) is 13.6 Å². The average Bonchev–Trinajstić information content (AvgIpc) is 2.27. The van der Waals surface area contributed by atoms with E-state index in [1.54, 1.807) is 7.05 Å². The fourth-order valence-electron chi connectivity index (χ4n) is 2.30. The van der Waals surface area contributed by atoms with Gasteiger partial charge in [-0.2, -0.15) is 0 Å². The van der Waals surface area contributed by atoms with Gasteiger partial charge in [0.25, 0.3) is 0 Å². The summed E-state index contributed by atoms with van der Waals surface area (Å²) in [5.74, 6) is 0.657. The summed E-state index contributed by atoms with van der Waals surface area (Å²) in [6.45, 7) is 0.375. The summed E-state index contributed by atoms with van der Waals surface area (Å²) in [7, 11) is 1.79. The standard InChI is InChI=1S/C14H19BrN2O/c1-16-9-13(18)17-14(10-3-2-4-10)11-5-7-12(15)8-6-11/h5-8,10,14,16H,2-4,9H2,1H3,(H,17,18). The number of carbonyl (C=O) groups is 1. The summed E-state index contributed by atoms with van der Waals surface area (Å²) in [5.41, 5.74) is 1.20. The van der Waals surface area contributed by atoms with Crippen LogP contribution in [0.1, 0.15) is 30.9 Å². The van der Waals surface area contributed by atoms with Crippen molar-refractivity contribution in [3.8, 4) is 0 Å². The number of hydrogen-bond acceptors (Lipinski definition) is 2. The third-order valence-corrected chi connectivity index (χ3v) is 4.03. The fraction of sp³-hybridized carbons (Fsp3) is 0.500. The molecule has 1 aromatic rings. The van der Waals surface area contributed by atoms with Gasteiger partial charge in [-0.3, -0.25) is 4.79 Å². The van der Waals surface area contributed by atoms with Crippen molar-refractivity contribution in [1.82, 2.24) is 10.6 Å². The fourth-order valence-corrected chi connectivity index (χ4v) is 2.57. The molecule has 1 aliphatic carbocycles. The quantitative estimate of drug-likeness (QED) is 0.878. The zero-order valence-electron chi connectivity index (χ0n) is 10.6. The third kappa shape index (κ3) is 3.33. The van der Waals surface area contributed by atoms with Gasteiger partial charge in [0.15, 0.2) is 0 Å². The lowest BCUT2D eigenvalue weighted by Gasteiger charge is -2.34. The first-order valence-electron chi connectivity index (χ1n) is 6.40. The molecule has 0 bridgehead atoms. The molecule has 1 unspecified atom stereocenters. The van der Waals surface area contributed by atoms with Gasteiger partial charge in [0.05, 0.1) is 12.6 Å².